The number of nitrogens with zero attached hydrogens (tertiary/aromatic N) is 2. The summed E-state index contributed by atoms with van der Waals surface area (Å²) in [7, 11) is 2.67. The molecule has 0 unspecified atom stereocenters. The Morgan fingerprint density at radius 1 is 0.891 bits per heavy atom. The molecular formula is C36H42N4O6. The van der Waals surface area contributed by atoms with E-state index in [1.807, 2.05) is 32.0 Å². The molecule has 0 fully saturated rings. The minimum absolute atomic E-state index is 0.0799. The molecule has 8 bridgehead atoms. The second-order valence-corrected chi connectivity index (χ2v) is 12.8. The number of aromatic amines is 2. The number of hydrogen-bond donors (Lipinski definition) is 4. The normalized spacial score (nSPS) is 22.6. The van der Waals surface area contributed by atoms with Gasteiger partial charge in [0.15, 0.2) is 0 Å². The Kier molecular flexibility index (Phi) is 7.94. The van der Waals surface area contributed by atoms with Crippen LogP contribution in [0.15, 0.2) is 18.2 Å². The van der Waals surface area contributed by atoms with Gasteiger partial charge < -0.3 is 29.7 Å². The van der Waals surface area contributed by atoms with Crippen LogP contribution in [0.5, 0.6) is 0 Å². The Morgan fingerprint density at radius 3 is 2.17 bits per heavy atom. The Hall–Kier alpha value is -4.60. The number of hydrogen-bond acceptors (Lipinski definition) is 8. The van der Waals surface area contributed by atoms with Crippen LogP contribution >= 0.6 is 0 Å². The fourth-order valence-electron chi connectivity index (χ4n) is 7.74. The number of H-pyrrole nitrogens is 2. The largest absolute Gasteiger partial charge is 0.512 e. The Labute approximate surface area is 267 Å². The molecule has 10 heteroatoms. The van der Waals surface area contributed by atoms with Crippen molar-refractivity contribution in [3.63, 3.8) is 0 Å². The summed E-state index contributed by atoms with van der Waals surface area (Å²) in [4.78, 5) is 43.0. The van der Waals surface area contributed by atoms with Crippen LogP contribution in [0, 0.1) is 13.8 Å². The van der Waals surface area contributed by atoms with E-state index in [2.05, 4.69) is 30.7 Å². The molecule has 1 aliphatic carbocycles. The number of rotatable bonds is 5. The molecule has 0 radical (unpaired) electrons. The molecule has 46 heavy (non-hydrogen) atoms. The van der Waals surface area contributed by atoms with E-state index in [1.165, 1.54) is 14.2 Å². The van der Waals surface area contributed by atoms with Crippen molar-refractivity contribution in [3.8, 4) is 0 Å². The highest BCUT2D eigenvalue weighted by Gasteiger charge is 2.41. The number of methoxy groups -OCH3 is 2. The van der Waals surface area contributed by atoms with E-state index in [0.717, 1.165) is 56.4 Å². The average molecular weight is 627 g/mol. The lowest BCUT2D eigenvalue weighted by molar-refractivity contribution is -0.142. The maximum absolute atomic E-state index is 13.3. The molecule has 0 aromatic carbocycles. The van der Waals surface area contributed by atoms with Crippen LogP contribution in [-0.2, 0) is 19.1 Å². The summed E-state index contributed by atoms with van der Waals surface area (Å²) in [6.07, 6.45) is 1.47. The van der Waals surface area contributed by atoms with Crippen molar-refractivity contribution in [1.29, 1.82) is 0 Å². The van der Waals surface area contributed by atoms with Crippen molar-refractivity contribution in [2.75, 3.05) is 14.2 Å². The minimum atomic E-state index is -1.07. The standard InChI is InChI=1S/C36H42N4O6/c1-9-20-15(2)22-14-27-29(19(6)41)17(4)24(38-27)12-23-16(3)21(10-11-28(42)45-7)33(39-23)31-32(36(44)46-8)35(43)30-18(5)25(40-34(30)31)13-26(20)37-22/h12-16,20-21,32,38,40-41,43H,9-11H2,1-8H3/b23-12?,26-13?,27-14?,29-19+/t15-,16+,20-,21+,32-/m1/s1. The number of ether oxygens (including phenoxy) is 2. The van der Waals surface area contributed by atoms with Crippen molar-refractivity contribution >= 4 is 45.5 Å². The van der Waals surface area contributed by atoms with Crippen molar-refractivity contribution in [3.05, 3.63) is 68.1 Å². The van der Waals surface area contributed by atoms with Gasteiger partial charge in [-0.2, -0.15) is 0 Å². The molecule has 5 atom stereocenters. The zero-order valence-electron chi connectivity index (χ0n) is 27.7. The number of esters is 2. The van der Waals surface area contributed by atoms with E-state index in [9.17, 15) is 19.8 Å². The van der Waals surface area contributed by atoms with Gasteiger partial charge in [0, 0.05) is 74.2 Å². The van der Waals surface area contributed by atoms with Gasteiger partial charge in [0.2, 0.25) is 0 Å². The van der Waals surface area contributed by atoms with Crippen LogP contribution < -0.4 is 10.4 Å². The molecule has 242 valence electrons. The fourth-order valence-corrected chi connectivity index (χ4v) is 7.74. The SMILES string of the molecule is CC[C@H]1c2cc3[nH]c4c(c5nc(cc6[nH]c(cc(n2)[C@@H]1C)/c(=C(\C)O)c6C)[C@@H](C)[C@@H]5CCC(=O)OC)[C@@H](C(=O)OC)C(O)=c4c3C. The molecule has 6 rings (SSSR count). The second kappa shape index (κ2) is 11.6. The quantitative estimate of drug-likeness (QED) is 0.264. The smallest absolute Gasteiger partial charge is 0.321 e. The van der Waals surface area contributed by atoms with Crippen LogP contribution in [0.1, 0.15) is 116 Å². The van der Waals surface area contributed by atoms with E-state index in [-0.39, 0.29) is 47.6 Å². The molecule has 10 nitrogen and oxygen atoms in total. The second-order valence-electron chi connectivity index (χ2n) is 12.8. The minimum Gasteiger partial charge on any atom is -0.512 e. The van der Waals surface area contributed by atoms with Gasteiger partial charge in [0.1, 0.15) is 11.7 Å². The molecule has 3 aromatic heterocycles. The number of aryl methyl sites for hydroxylation is 2. The first kappa shape index (κ1) is 31.4. The maximum Gasteiger partial charge on any atom is 0.321 e. The van der Waals surface area contributed by atoms with Crippen molar-refractivity contribution in [1.82, 2.24) is 19.9 Å². The Balaban J connectivity index is 1.81. The summed E-state index contributed by atoms with van der Waals surface area (Å²) in [5.74, 6) is -1.98. The fraction of sp³-hybridized carbons (Fsp3) is 0.444. The van der Waals surface area contributed by atoms with Crippen LogP contribution in [-0.4, -0.2) is 56.3 Å². The predicted octanol–water partition coefficient (Wildman–Crippen LogP) is 5.69. The van der Waals surface area contributed by atoms with E-state index >= 15 is 0 Å². The monoisotopic (exact) mass is 626 g/mol. The predicted molar refractivity (Wildman–Crippen MR) is 176 cm³/mol. The number of carbonyl (C=O) groups is 2. The molecule has 0 saturated carbocycles. The Morgan fingerprint density at radius 2 is 1.52 bits per heavy atom. The lowest BCUT2D eigenvalue weighted by atomic mass is 9.84. The van der Waals surface area contributed by atoms with Crippen LogP contribution in [0.2, 0.25) is 0 Å². The summed E-state index contributed by atoms with van der Waals surface area (Å²) < 4.78 is 10.2. The maximum atomic E-state index is 13.3. The lowest BCUT2D eigenvalue weighted by Gasteiger charge is -2.19. The van der Waals surface area contributed by atoms with Crippen LogP contribution in [0.25, 0.3) is 33.6 Å². The van der Waals surface area contributed by atoms with E-state index < -0.39 is 11.9 Å². The van der Waals surface area contributed by atoms with Gasteiger partial charge in [-0.15, -0.1) is 0 Å². The van der Waals surface area contributed by atoms with Crippen LogP contribution in [0.3, 0.4) is 0 Å². The average Bonchev–Trinajstić information content (AvgIpc) is 3.76. The molecule has 5 heterocycles. The van der Waals surface area contributed by atoms with Crippen molar-refractivity contribution < 1.29 is 29.3 Å². The lowest BCUT2D eigenvalue weighted by Crippen LogP contribution is -2.18. The summed E-state index contributed by atoms with van der Waals surface area (Å²) in [5, 5.41) is 23.8. The topological polar surface area (TPSA) is 150 Å². The highest BCUT2D eigenvalue weighted by Crippen LogP contribution is 2.46. The molecule has 4 N–H and O–H groups in total. The third-order valence-electron chi connectivity index (χ3n) is 10.4. The molecule has 2 aliphatic heterocycles. The van der Waals surface area contributed by atoms with E-state index in [1.54, 1.807) is 6.92 Å². The van der Waals surface area contributed by atoms with Gasteiger partial charge in [-0.25, -0.2) is 0 Å². The Bertz CT molecular complexity index is 2070. The molecule has 0 spiro atoms. The third-order valence-corrected chi connectivity index (χ3v) is 10.4. The first-order valence-electron chi connectivity index (χ1n) is 15.9. The number of nitrogens with one attached hydrogen (secondary N) is 2. The molecule has 0 saturated heterocycles. The third kappa shape index (κ3) is 4.77. The summed E-state index contributed by atoms with van der Waals surface area (Å²) in [6, 6.07) is 6.05. The number of fused-ring (bicyclic) bond motifs is 8. The van der Waals surface area contributed by atoms with Crippen LogP contribution in [0.4, 0.5) is 0 Å². The number of aliphatic hydroxyl groups is 2. The van der Waals surface area contributed by atoms with Gasteiger partial charge in [-0.05, 0) is 62.9 Å². The highest BCUT2D eigenvalue weighted by molar-refractivity contribution is 5.96. The zero-order chi connectivity index (χ0) is 33.2. The van der Waals surface area contributed by atoms with Gasteiger partial charge in [-0.3, -0.25) is 19.6 Å². The number of aromatic nitrogens is 4. The van der Waals surface area contributed by atoms with Gasteiger partial charge in [0.05, 0.1) is 36.7 Å². The number of carbonyl (C=O) groups excluding carboxylic acids is 2. The molecule has 3 aromatic rings. The summed E-state index contributed by atoms with van der Waals surface area (Å²) >= 11 is 0. The van der Waals surface area contributed by atoms with Crippen molar-refractivity contribution in [2.24, 2.45) is 0 Å². The van der Waals surface area contributed by atoms with Gasteiger partial charge >= 0.3 is 11.9 Å². The number of aliphatic hydroxyl groups excluding tert-OH is 2. The van der Waals surface area contributed by atoms with E-state index in [0.29, 0.717) is 28.4 Å². The first-order chi connectivity index (χ1) is 21.9. The molecule has 3 aliphatic rings. The van der Waals surface area contributed by atoms with Crippen molar-refractivity contribution in [2.45, 2.75) is 90.4 Å². The summed E-state index contributed by atoms with van der Waals surface area (Å²) in [6.45, 7) is 11.9. The van der Waals surface area contributed by atoms with Gasteiger partial charge in [-0.1, -0.05) is 20.8 Å². The highest BCUT2D eigenvalue weighted by atomic mass is 16.5. The van der Waals surface area contributed by atoms with E-state index in [4.69, 9.17) is 19.4 Å². The van der Waals surface area contributed by atoms with Gasteiger partial charge in [0.25, 0.3) is 0 Å². The molecular weight excluding hydrogens is 584 g/mol. The summed E-state index contributed by atoms with van der Waals surface area (Å²) in [5.41, 5.74) is 8.42. The first-order valence-corrected chi connectivity index (χ1v) is 15.9. The zero-order valence-corrected chi connectivity index (χ0v) is 27.7. The molecule has 0 amide bonds.